The molecule has 0 fully saturated rings. The van der Waals surface area contributed by atoms with E-state index in [1.807, 2.05) is 0 Å². The van der Waals surface area contributed by atoms with Crippen LogP contribution in [0.4, 0.5) is 0 Å². The van der Waals surface area contributed by atoms with Gasteiger partial charge in [-0.2, -0.15) is 0 Å². The summed E-state index contributed by atoms with van der Waals surface area (Å²) in [5, 5.41) is 0. The second-order valence-electron chi connectivity index (χ2n) is 1.68. The summed E-state index contributed by atoms with van der Waals surface area (Å²) >= 11 is 0. The van der Waals surface area contributed by atoms with Gasteiger partial charge >= 0.3 is 29.6 Å². The van der Waals surface area contributed by atoms with E-state index >= 15 is 0 Å². The minimum absolute atomic E-state index is 0. The molecule has 0 amide bonds. The molecule has 1 radical (unpaired) electrons. The summed E-state index contributed by atoms with van der Waals surface area (Å²) in [5.74, 6) is 0.685. The van der Waals surface area contributed by atoms with Crippen LogP contribution in [0, 0.1) is 12.8 Å². The van der Waals surface area contributed by atoms with Gasteiger partial charge in [-0.05, 0) is 5.92 Å². The van der Waals surface area contributed by atoms with E-state index in [4.69, 9.17) is 0 Å². The number of rotatable bonds is 2. The summed E-state index contributed by atoms with van der Waals surface area (Å²) < 4.78 is 0. The summed E-state index contributed by atoms with van der Waals surface area (Å²) in [7, 11) is 0. The predicted molar refractivity (Wildman–Crippen MR) is 36.6 cm³/mol. The zero-order valence-corrected chi connectivity index (χ0v) is 4.70. The molecule has 0 aliphatic rings. The van der Waals surface area contributed by atoms with E-state index in [0.717, 1.165) is 0 Å². The summed E-state index contributed by atoms with van der Waals surface area (Å²) in [6.07, 6.45) is 2.44. The van der Waals surface area contributed by atoms with Crippen LogP contribution in [-0.4, -0.2) is 29.6 Å². The Morgan fingerprint density at radius 3 is 1.57 bits per heavy atom. The molecule has 0 atom stereocenters. The van der Waals surface area contributed by atoms with Crippen molar-refractivity contribution in [1.29, 1.82) is 0 Å². The van der Waals surface area contributed by atoms with Gasteiger partial charge in [0.05, 0.1) is 0 Å². The predicted octanol–water partition coefficient (Wildman–Crippen LogP) is 1.61. The van der Waals surface area contributed by atoms with Crippen LogP contribution in [0.5, 0.6) is 0 Å². The topological polar surface area (TPSA) is 0 Å². The van der Waals surface area contributed by atoms with Crippen LogP contribution in [0.2, 0.25) is 0 Å². The van der Waals surface area contributed by atoms with Gasteiger partial charge in [0.15, 0.2) is 0 Å². The Balaban J connectivity index is 0. The number of hydrogen-bond acceptors (Lipinski definition) is 0. The Labute approximate surface area is 69.0 Å². The maximum absolute atomic E-state index is 3.88. The fourth-order valence-electron chi connectivity index (χ4n) is 0.289. The van der Waals surface area contributed by atoms with Crippen LogP contribution < -0.4 is 0 Å². The monoisotopic (exact) mass is 109 g/mol. The Kier molecular flexibility index (Phi) is 10.9. The molecule has 0 saturated carbocycles. The molecular weight excluding hydrogens is 95.1 g/mol. The molecule has 0 heterocycles. The van der Waals surface area contributed by atoms with Crippen molar-refractivity contribution in [3.8, 4) is 0 Å². The van der Waals surface area contributed by atoms with Crippen LogP contribution in [0.25, 0.3) is 0 Å². The van der Waals surface area contributed by atoms with Crippen LogP contribution in [0.3, 0.4) is 0 Å². The molecular formula is C6H14Na. The van der Waals surface area contributed by atoms with E-state index in [1.54, 1.807) is 0 Å². The fourth-order valence-corrected chi connectivity index (χ4v) is 0.289. The van der Waals surface area contributed by atoms with Crippen molar-refractivity contribution in [3.63, 3.8) is 0 Å². The Morgan fingerprint density at radius 2 is 1.57 bits per heavy atom. The van der Waals surface area contributed by atoms with Gasteiger partial charge in [0, 0.05) is 0 Å². The SMILES string of the molecule is [CH2]C(CC)CC.[NaH]. The van der Waals surface area contributed by atoms with Gasteiger partial charge in [-0.25, -0.2) is 0 Å². The van der Waals surface area contributed by atoms with Gasteiger partial charge in [-0.1, -0.05) is 33.6 Å². The van der Waals surface area contributed by atoms with Crippen LogP contribution in [0.1, 0.15) is 26.7 Å². The minimum atomic E-state index is 0. The summed E-state index contributed by atoms with van der Waals surface area (Å²) in [6.45, 7) is 8.21. The van der Waals surface area contributed by atoms with E-state index in [9.17, 15) is 0 Å². The quantitative estimate of drug-likeness (QED) is 0.472. The summed E-state index contributed by atoms with van der Waals surface area (Å²) in [6, 6.07) is 0. The molecule has 0 rings (SSSR count). The van der Waals surface area contributed by atoms with Crippen LogP contribution in [0.15, 0.2) is 0 Å². The first-order chi connectivity index (χ1) is 2.81. The standard InChI is InChI=1S/C6H13.Na.H/c1-4-6(3)5-2;;/h6H,3-5H2,1-2H3;;. The van der Waals surface area contributed by atoms with Crippen molar-refractivity contribution in [3.05, 3.63) is 6.92 Å². The van der Waals surface area contributed by atoms with Crippen LogP contribution in [-0.2, 0) is 0 Å². The van der Waals surface area contributed by atoms with Gasteiger partial charge in [-0.15, -0.1) is 0 Å². The molecule has 1 heteroatoms. The Morgan fingerprint density at radius 1 is 1.29 bits per heavy atom. The molecule has 0 saturated heterocycles. The third-order valence-electron chi connectivity index (χ3n) is 1.15. The van der Waals surface area contributed by atoms with E-state index < -0.39 is 0 Å². The van der Waals surface area contributed by atoms with E-state index in [-0.39, 0.29) is 29.6 Å². The summed E-state index contributed by atoms with van der Waals surface area (Å²) in [4.78, 5) is 0. The Hall–Kier alpha value is 1.00. The first-order valence-electron chi connectivity index (χ1n) is 2.64. The zero-order chi connectivity index (χ0) is 4.99. The second kappa shape index (κ2) is 7.00. The first kappa shape index (κ1) is 10.9. The molecule has 0 aliphatic heterocycles. The van der Waals surface area contributed by atoms with Gasteiger partial charge in [0.2, 0.25) is 0 Å². The molecule has 0 nitrogen and oxygen atoms in total. The maximum atomic E-state index is 3.88. The molecule has 0 spiro atoms. The Bertz CT molecular complexity index is 23.4. The second-order valence-corrected chi connectivity index (χ2v) is 1.68. The van der Waals surface area contributed by atoms with Crippen molar-refractivity contribution >= 4 is 29.6 Å². The van der Waals surface area contributed by atoms with Gasteiger partial charge in [0.25, 0.3) is 0 Å². The average molecular weight is 109 g/mol. The molecule has 0 N–H and O–H groups in total. The third kappa shape index (κ3) is 7.00. The van der Waals surface area contributed by atoms with Crippen molar-refractivity contribution in [2.45, 2.75) is 26.7 Å². The van der Waals surface area contributed by atoms with Crippen LogP contribution >= 0.6 is 0 Å². The first-order valence-corrected chi connectivity index (χ1v) is 2.64. The van der Waals surface area contributed by atoms with Gasteiger partial charge in [0.1, 0.15) is 0 Å². The molecule has 0 bridgehead atoms. The third-order valence-corrected chi connectivity index (χ3v) is 1.15. The van der Waals surface area contributed by atoms with E-state index in [2.05, 4.69) is 20.8 Å². The van der Waals surface area contributed by atoms with Crippen molar-refractivity contribution in [2.75, 3.05) is 0 Å². The zero-order valence-electron chi connectivity index (χ0n) is 4.70. The fraction of sp³-hybridized carbons (Fsp3) is 0.833. The number of hydrogen-bond donors (Lipinski definition) is 0. The molecule has 39 valence electrons. The molecule has 0 aromatic heterocycles. The molecule has 0 unspecified atom stereocenters. The van der Waals surface area contributed by atoms with E-state index in [0.29, 0.717) is 5.92 Å². The average Bonchev–Trinajstić information content (AvgIpc) is 1.65. The van der Waals surface area contributed by atoms with Gasteiger partial charge < -0.3 is 0 Å². The molecule has 0 aromatic rings. The molecule has 0 aromatic carbocycles. The van der Waals surface area contributed by atoms with Crippen molar-refractivity contribution in [2.24, 2.45) is 5.92 Å². The van der Waals surface area contributed by atoms with Crippen molar-refractivity contribution in [1.82, 2.24) is 0 Å². The molecule has 0 aliphatic carbocycles. The van der Waals surface area contributed by atoms with Gasteiger partial charge in [-0.3, -0.25) is 0 Å². The van der Waals surface area contributed by atoms with E-state index in [1.165, 1.54) is 12.8 Å². The van der Waals surface area contributed by atoms with Crippen molar-refractivity contribution < 1.29 is 0 Å². The summed E-state index contributed by atoms with van der Waals surface area (Å²) in [5.41, 5.74) is 0. The normalized spacial score (nSPS) is 8.57. The molecule has 7 heavy (non-hydrogen) atoms.